The second-order valence-corrected chi connectivity index (χ2v) is 3.30. The summed E-state index contributed by atoms with van der Waals surface area (Å²) in [6.07, 6.45) is 3.51. The minimum Gasteiger partial charge on any atom is -0.496 e. The third-order valence-corrected chi connectivity index (χ3v) is 2.09. The molecule has 0 aliphatic heterocycles. The van der Waals surface area contributed by atoms with Crippen LogP contribution in [0.5, 0.6) is 0 Å². The third kappa shape index (κ3) is 3.09. The molecular formula is C13H16O. The van der Waals surface area contributed by atoms with E-state index in [0.29, 0.717) is 6.61 Å². The van der Waals surface area contributed by atoms with E-state index in [1.54, 1.807) is 12.3 Å². The molecule has 1 rings (SSSR count). The maximum absolute atomic E-state index is 5.42. The molecule has 0 saturated heterocycles. The highest BCUT2D eigenvalue weighted by Crippen LogP contribution is 2.08. The minimum absolute atomic E-state index is 0.623. The Bertz CT molecular complexity index is 337. The van der Waals surface area contributed by atoms with Gasteiger partial charge in [0, 0.05) is 0 Å². The van der Waals surface area contributed by atoms with Crippen LogP contribution in [0.25, 0.3) is 0 Å². The number of aryl methyl sites for hydroxylation is 1. The Balaban J connectivity index is 2.54. The van der Waals surface area contributed by atoms with Crippen molar-refractivity contribution in [3.05, 3.63) is 59.9 Å². The van der Waals surface area contributed by atoms with Crippen molar-refractivity contribution in [2.24, 2.45) is 0 Å². The number of benzene rings is 1. The van der Waals surface area contributed by atoms with Crippen LogP contribution in [0.3, 0.4) is 0 Å². The monoisotopic (exact) mass is 188 g/mol. The van der Waals surface area contributed by atoms with E-state index in [1.165, 1.54) is 11.1 Å². The third-order valence-electron chi connectivity index (χ3n) is 2.09. The summed E-state index contributed by atoms with van der Waals surface area (Å²) >= 11 is 0. The first-order valence-corrected chi connectivity index (χ1v) is 4.69. The van der Waals surface area contributed by atoms with Gasteiger partial charge in [-0.15, -0.1) is 0 Å². The second-order valence-electron chi connectivity index (χ2n) is 3.30. The van der Waals surface area contributed by atoms with Gasteiger partial charge in [0.05, 0.1) is 6.26 Å². The molecular weight excluding hydrogens is 172 g/mol. The summed E-state index contributed by atoms with van der Waals surface area (Å²) in [4.78, 5) is 0. The van der Waals surface area contributed by atoms with Crippen LogP contribution in [0.2, 0.25) is 0 Å². The van der Waals surface area contributed by atoms with Gasteiger partial charge in [-0.2, -0.15) is 0 Å². The molecule has 0 fully saturated rings. The predicted molar refractivity (Wildman–Crippen MR) is 59.9 cm³/mol. The van der Waals surface area contributed by atoms with Crippen molar-refractivity contribution in [1.29, 1.82) is 0 Å². The Morgan fingerprint density at radius 1 is 1.43 bits per heavy atom. The van der Waals surface area contributed by atoms with Crippen molar-refractivity contribution in [3.63, 3.8) is 0 Å². The van der Waals surface area contributed by atoms with Crippen LogP contribution in [-0.2, 0) is 11.3 Å². The molecule has 0 amide bonds. The smallest absolute Gasteiger partial charge is 0.113 e. The molecule has 0 unspecified atom stereocenters. The lowest BCUT2D eigenvalue weighted by Gasteiger charge is -2.05. The van der Waals surface area contributed by atoms with E-state index in [-0.39, 0.29) is 0 Å². The molecule has 1 aromatic carbocycles. The summed E-state index contributed by atoms with van der Waals surface area (Å²) in [7, 11) is 0. The Hall–Kier alpha value is -1.50. The molecule has 0 radical (unpaired) electrons. The first kappa shape index (κ1) is 10.6. The van der Waals surface area contributed by atoms with Gasteiger partial charge in [-0.1, -0.05) is 36.9 Å². The fourth-order valence-electron chi connectivity index (χ4n) is 1.08. The average Bonchev–Trinajstić information content (AvgIpc) is 2.20. The molecule has 0 atom stereocenters. The van der Waals surface area contributed by atoms with Crippen LogP contribution in [0.4, 0.5) is 0 Å². The molecule has 0 N–H and O–H groups in total. The summed E-state index contributed by atoms with van der Waals surface area (Å²) in [5, 5.41) is 0. The fourth-order valence-corrected chi connectivity index (χ4v) is 1.08. The van der Waals surface area contributed by atoms with Crippen molar-refractivity contribution in [2.75, 3.05) is 0 Å². The standard InChI is InChI=1S/C13H16O/c1-4-11(2)9-14-10-13-8-6-5-7-12(13)3/h4-9H,1,10H2,2-3H3/b11-9+. The SMILES string of the molecule is C=C/C(C)=C/OCc1ccccc1C. The van der Waals surface area contributed by atoms with Crippen molar-refractivity contribution in [3.8, 4) is 0 Å². The van der Waals surface area contributed by atoms with Crippen LogP contribution in [-0.4, -0.2) is 0 Å². The zero-order valence-electron chi connectivity index (χ0n) is 8.79. The maximum atomic E-state index is 5.42. The summed E-state index contributed by atoms with van der Waals surface area (Å²) in [5.74, 6) is 0. The molecule has 0 aromatic heterocycles. The van der Waals surface area contributed by atoms with Gasteiger partial charge in [-0.25, -0.2) is 0 Å². The zero-order valence-corrected chi connectivity index (χ0v) is 8.79. The molecule has 0 saturated carbocycles. The number of rotatable bonds is 4. The lowest BCUT2D eigenvalue weighted by atomic mass is 10.1. The maximum Gasteiger partial charge on any atom is 0.113 e. The Morgan fingerprint density at radius 2 is 2.14 bits per heavy atom. The first-order chi connectivity index (χ1) is 6.74. The van der Waals surface area contributed by atoms with E-state index >= 15 is 0 Å². The Morgan fingerprint density at radius 3 is 2.79 bits per heavy atom. The van der Waals surface area contributed by atoms with Crippen molar-refractivity contribution >= 4 is 0 Å². The Labute approximate surface area is 85.7 Å². The van der Waals surface area contributed by atoms with Gasteiger partial charge >= 0.3 is 0 Å². The van der Waals surface area contributed by atoms with Crippen molar-refractivity contribution in [2.45, 2.75) is 20.5 Å². The number of hydrogen-bond donors (Lipinski definition) is 0. The largest absolute Gasteiger partial charge is 0.496 e. The summed E-state index contributed by atoms with van der Waals surface area (Å²) in [6.45, 7) is 8.33. The second kappa shape index (κ2) is 5.28. The predicted octanol–water partition coefficient (Wildman–Crippen LogP) is 3.60. The van der Waals surface area contributed by atoms with E-state index in [2.05, 4.69) is 25.6 Å². The molecule has 0 spiro atoms. The minimum atomic E-state index is 0.623. The van der Waals surface area contributed by atoms with Gasteiger partial charge in [-0.05, 0) is 30.5 Å². The van der Waals surface area contributed by atoms with E-state index < -0.39 is 0 Å². The molecule has 0 bridgehead atoms. The quantitative estimate of drug-likeness (QED) is 0.518. The molecule has 1 nitrogen and oxygen atoms in total. The van der Waals surface area contributed by atoms with Crippen LogP contribution < -0.4 is 0 Å². The van der Waals surface area contributed by atoms with Crippen LogP contribution >= 0.6 is 0 Å². The van der Waals surface area contributed by atoms with Crippen molar-refractivity contribution < 1.29 is 4.74 Å². The first-order valence-electron chi connectivity index (χ1n) is 4.69. The molecule has 1 heteroatoms. The van der Waals surface area contributed by atoms with E-state index in [4.69, 9.17) is 4.74 Å². The Kier molecular flexibility index (Phi) is 3.99. The lowest BCUT2D eigenvalue weighted by molar-refractivity contribution is 0.234. The zero-order chi connectivity index (χ0) is 10.4. The average molecular weight is 188 g/mol. The normalized spacial score (nSPS) is 11.1. The molecule has 74 valence electrons. The van der Waals surface area contributed by atoms with Gasteiger partial charge in [0.2, 0.25) is 0 Å². The van der Waals surface area contributed by atoms with Gasteiger partial charge in [0.25, 0.3) is 0 Å². The number of hydrogen-bond acceptors (Lipinski definition) is 1. The topological polar surface area (TPSA) is 9.23 Å². The highest BCUT2D eigenvalue weighted by molar-refractivity contribution is 5.24. The molecule has 14 heavy (non-hydrogen) atoms. The van der Waals surface area contributed by atoms with Crippen LogP contribution in [0, 0.1) is 6.92 Å². The van der Waals surface area contributed by atoms with Gasteiger partial charge in [0.1, 0.15) is 6.61 Å². The van der Waals surface area contributed by atoms with Gasteiger partial charge in [0.15, 0.2) is 0 Å². The van der Waals surface area contributed by atoms with Crippen LogP contribution in [0.15, 0.2) is 48.8 Å². The van der Waals surface area contributed by atoms with E-state index in [9.17, 15) is 0 Å². The number of ether oxygens (including phenoxy) is 1. The number of allylic oxidation sites excluding steroid dienone is 2. The van der Waals surface area contributed by atoms with Gasteiger partial charge < -0.3 is 4.74 Å². The molecule has 1 aromatic rings. The van der Waals surface area contributed by atoms with E-state index in [0.717, 1.165) is 5.57 Å². The summed E-state index contributed by atoms with van der Waals surface area (Å²) < 4.78 is 5.42. The highest BCUT2D eigenvalue weighted by atomic mass is 16.5. The molecule has 0 heterocycles. The summed E-state index contributed by atoms with van der Waals surface area (Å²) in [5.41, 5.74) is 3.52. The van der Waals surface area contributed by atoms with Gasteiger partial charge in [-0.3, -0.25) is 0 Å². The lowest BCUT2D eigenvalue weighted by Crippen LogP contribution is -1.90. The molecule has 0 aliphatic rings. The summed E-state index contributed by atoms with van der Waals surface area (Å²) in [6, 6.07) is 8.22. The fraction of sp³-hybridized carbons (Fsp3) is 0.231. The van der Waals surface area contributed by atoms with Crippen LogP contribution in [0.1, 0.15) is 18.1 Å². The van der Waals surface area contributed by atoms with Crippen molar-refractivity contribution in [1.82, 2.24) is 0 Å². The highest BCUT2D eigenvalue weighted by Gasteiger charge is 1.94. The van der Waals surface area contributed by atoms with E-state index in [1.807, 2.05) is 19.1 Å². The molecule has 0 aliphatic carbocycles.